The van der Waals surface area contributed by atoms with Crippen LogP contribution >= 0.6 is 0 Å². The average molecular weight is 263 g/mol. The second kappa shape index (κ2) is 6.50. The van der Waals surface area contributed by atoms with Crippen LogP contribution in [0.25, 0.3) is 0 Å². The maximum Gasteiger partial charge on any atom is 0.401 e. The second-order valence-electron chi connectivity index (χ2n) is 4.19. The highest BCUT2D eigenvalue weighted by atomic mass is 19.4. The molecule has 1 aliphatic heterocycles. The number of urea groups is 1. The Morgan fingerprint density at radius 2 is 2.22 bits per heavy atom. The molecule has 1 saturated heterocycles. The van der Waals surface area contributed by atoms with Gasteiger partial charge in [-0.15, -0.1) is 12.3 Å². The lowest BCUT2D eigenvalue weighted by atomic mass is 10.3. The van der Waals surface area contributed by atoms with E-state index in [4.69, 9.17) is 6.42 Å². The molecule has 1 heterocycles. The van der Waals surface area contributed by atoms with E-state index in [1.54, 1.807) is 0 Å². The molecule has 0 aromatic heterocycles. The predicted molar refractivity (Wildman–Crippen MR) is 60.9 cm³/mol. The number of hydrogen-bond acceptors (Lipinski definition) is 2. The van der Waals surface area contributed by atoms with E-state index in [1.165, 1.54) is 4.90 Å². The van der Waals surface area contributed by atoms with E-state index >= 15 is 0 Å². The third-order valence-electron chi connectivity index (χ3n) is 2.57. The summed E-state index contributed by atoms with van der Waals surface area (Å²) in [6, 6.07) is -0.623. The number of nitrogens with zero attached hydrogens (tertiary/aromatic N) is 1. The Morgan fingerprint density at radius 1 is 1.50 bits per heavy atom. The Bertz CT molecular complexity index is 324. The maximum atomic E-state index is 12.1. The van der Waals surface area contributed by atoms with E-state index in [-0.39, 0.29) is 18.6 Å². The van der Waals surface area contributed by atoms with Crippen molar-refractivity contribution in [3.63, 3.8) is 0 Å². The summed E-state index contributed by atoms with van der Waals surface area (Å²) in [6.45, 7) is 0.00208. The highest BCUT2D eigenvalue weighted by Crippen LogP contribution is 2.19. The van der Waals surface area contributed by atoms with Gasteiger partial charge >= 0.3 is 12.2 Å². The molecule has 0 spiro atoms. The van der Waals surface area contributed by atoms with Crippen LogP contribution in [0.5, 0.6) is 0 Å². The zero-order chi connectivity index (χ0) is 13.6. The molecule has 1 rings (SSSR count). The van der Waals surface area contributed by atoms with Crippen molar-refractivity contribution in [1.82, 2.24) is 15.5 Å². The molecule has 1 aliphatic rings. The lowest BCUT2D eigenvalue weighted by Gasteiger charge is -2.18. The van der Waals surface area contributed by atoms with Crippen molar-refractivity contribution in [2.75, 3.05) is 26.2 Å². The van der Waals surface area contributed by atoms with Crippen LogP contribution in [0.15, 0.2) is 0 Å². The summed E-state index contributed by atoms with van der Waals surface area (Å²) in [4.78, 5) is 12.6. The first-order valence-electron chi connectivity index (χ1n) is 5.67. The summed E-state index contributed by atoms with van der Waals surface area (Å²) >= 11 is 0. The van der Waals surface area contributed by atoms with Crippen LogP contribution < -0.4 is 10.6 Å². The van der Waals surface area contributed by atoms with Gasteiger partial charge in [-0.2, -0.15) is 13.2 Å². The molecule has 0 bridgehead atoms. The van der Waals surface area contributed by atoms with Gasteiger partial charge in [0, 0.05) is 32.1 Å². The van der Waals surface area contributed by atoms with Crippen LogP contribution in [0.4, 0.5) is 18.0 Å². The summed E-state index contributed by atoms with van der Waals surface area (Å²) in [5, 5.41) is 5.17. The number of hydrogen-bond donors (Lipinski definition) is 2. The highest BCUT2D eigenvalue weighted by Gasteiger charge is 2.34. The van der Waals surface area contributed by atoms with Crippen molar-refractivity contribution in [1.29, 1.82) is 0 Å². The molecule has 1 fully saturated rings. The molecule has 102 valence electrons. The molecule has 0 saturated carbocycles. The topological polar surface area (TPSA) is 44.4 Å². The molecule has 18 heavy (non-hydrogen) atoms. The number of alkyl halides is 3. The lowest BCUT2D eigenvalue weighted by Crippen LogP contribution is -2.44. The average Bonchev–Trinajstić information content (AvgIpc) is 2.63. The Balaban J connectivity index is 2.22. The minimum absolute atomic E-state index is 0.224. The molecule has 7 heteroatoms. The smallest absolute Gasteiger partial charge is 0.337 e. The molecule has 4 nitrogen and oxygen atoms in total. The van der Waals surface area contributed by atoms with Crippen molar-refractivity contribution in [2.24, 2.45) is 0 Å². The summed E-state index contributed by atoms with van der Waals surface area (Å²) in [5.41, 5.74) is 0. The van der Waals surface area contributed by atoms with Crippen molar-refractivity contribution >= 4 is 6.03 Å². The number of rotatable bonds is 4. The van der Waals surface area contributed by atoms with Gasteiger partial charge < -0.3 is 10.6 Å². The Hall–Kier alpha value is -1.42. The van der Waals surface area contributed by atoms with E-state index in [9.17, 15) is 18.0 Å². The number of halogens is 3. The molecular formula is C11H16F3N3O. The molecular weight excluding hydrogens is 247 g/mol. The summed E-state index contributed by atoms with van der Waals surface area (Å²) < 4.78 is 36.4. The van der Waals surface area contributed by atoms with Crippen molar-refractivity contribution in [2.45, 2.75) is 25.1 Å². The first-order chi connectivity index (χ1) is 8.40. The Kier molecular flexibility index (Phi) is 5.28. The third-order valence-corrected chi connectivity index (χ3v) is 2.57. The van der Waals surface area contributed by atoms with Gasteiger partial charge in [-0.3, -0.25) is 4.90 Å². The minimum Gasteiger partial charge on any atom is -0.337 e. The third kappa shape index (κ3) is 5.77. The Labute approximate surface area is 104 Å². The fraction of sp³-hybridized carbons (Fsp3) is 0.727. The number of amides is 2. The largest absolute Gasteiger partial charge is 0.401 e. The summed E-state index contributed by atoms with van der Waals surface area (Å²) in [6.07, 6.45) is 1.79. The number of likely N-dealkylation sites (tertiary alicyclic amines) is 1. The van der Waals surface area contributed by atoms with Crippen molar-refractivity contribution in [3.8, 4) is 12.3 Å². The standard InChI is InChI=1S/C11H16F3N3O/c1-2-3-5-15-10(18)16-9-4-6-17(7-9)8-11(12,13)14/h1,9H,3-8H2,(H2,15,16,18)/t9-/m1/s1. The van der Waals surface area contributed by atoms with Gasteiger partial charge in [0.2, 0.25) is 0 Å². The molecule has 2 amide bonds. The number of carbonyl (C=O) groups is 1. The van der Waals surface area contributed by atoms with Crippen LogP contribution in [0.2, 0.25) is 0 Å². The first-order valence-corrected chi connectivity index (χ1v) is 5.67. The summed E-state index contributed by atoms with van der Waals surface area (Å²) in [7, 11) is 0. The van der Waals surface area contributed by atoms with Gasteiger partial charge in [0.25, 0.3) is 0 Å². The fourth-order valence-corrected chi connectivity index (χ4v) is 1.83. The Morgan fingerprint density at radius 3 is 2.83 bits per heavy atom. The van der Waals surface area contributed by atoms with Crippen molar-refractivity contribution in [3.05, 3.63) is 0 Å². The van der Waals surface area contributed by atoms with Crippen molar-refractivity contribution < 1.29 is 18.0 Å². The molecule has 0 aromatic rings. The van der Waals surface area contributed by atoms with E-state index in [1.807, 2.05) is 0 Å². The van der Waals surface area contributed by atoms with Gasteiger partial charge in [-0.25, -0.2) is 4.79 Å². The zero-order valence-corrected chi connectivity index (χ0v) is 9.89. The monoisotopic (exact) mass is 263 g/mol. The summed E-state index contributed by atoms with van der Waals surface area (Å²) in [5.74, 6) is 2.37. The maximum absolute atomic E-state index is 12.1. The van der Waals surface area contributed by atoms with Gasteiger partial charge in [0.05, 0.1) is 6.54 Å². The number of terminal acetylenes is 1. The first kappa shape index (κ1) is 14.6. The molecule has 0 unspecified atom stereocenters. The minimum atomic E-state index is -4.19. The predicted octanol–water partition coefficient (Wildman–Crippen LogP) is 0.946. The quantitative estimate of drug-likeness (QED) is 0.586. The van der Waals surface area contributed by atoms with Gasteiger partial charge in [0.1, 0.15) is 0 Å². The van der Waals surface area contributed by atoms with E-state index < -0.39 is 12.7 Å². The molecule has 0 aromatic carbocycles. The number of carbonyl (C=O) groups excluding carboxylic acids is 1. The van der Waals surface area contributed by atoms with Crippen LogP contribution in [0.3, 0.4) is 0 Å². The van der Waals surface area contributed by atoms with E-state index in [0.29, 0.717) is 25.9 Å². The molecule has 2 N–H and O–H groups in total. The molecule has 0 radical (unpaired) electrons. The normalized spacial score (nSPS) is 20.4. The van der Waals surface area contributed by atoms with Crippen LogP contribution in [-0.4, -0.2) is 49.3 Å². The van der Waals surface area contributed by atoms with Crippen LogP contribution in [0.1, 0.15) is 12.8 Å². The van der Waals surface area contributed by atoms with Gasteiger partial charge in [-0.1, -0.05) is 0 Å². The number of nitrogens with one attached hydrogen (secondary N) is 2. The molecule has 1 atom stereocenters. The van der Waals surface area contributed by atoms with E-state index in [2.05, 4.69) is 16.6 Å². The SMILES string of the molecule is C#CCCNC(=O)N[C@@H]1CCN(CC(F)(F)F)C1. The van der Waals surface area contributed by atoms with Gasteiger partial charge in [-0.05, 0) is 6.42 Å². The highest BCUT2D eigenvalue weighted by molar-refractivity contribution is 5.74. The van der Waals surface area contributed by atoms with Gasteiger partial charge in [0.15, 0.2) is 0 Å². The zero-order valence-electron chi connectivity index (χ0n) is 9.89. The van der Waals surface area contributed by atoms with Crippen LogP contribution in [0, 0.1) is 12.3 Å². The lowest BCUT2D eigenvalue weighted by molar-refractivity contribution is -0.143. The van der Waals surface area contributed by atoms with E-state index in [0.717, 1.165) is 0 Å². The van der Waals surface area contributed by atoms with Crippen LogP contribution in [-0.2, 0) is 0 Å². The second-order valence-corrected chi connectivity index (χ2v) is 4.19. The molecule has 0 aliphatic carbocycles. The fourth-order valence-electron chi connectivity index (χ4n) is 1.83.